The van der Waals surface area contributed by atoms with Crippen molar-refractivity contribution in [3.63, 3.8) is 0 Å². The normalized spacial score (nSPS) is 14.2. The molecule has 0 aliphatic rings. The molecule has 0 saturated heterocycles. The highest BCUT2D eigenvalue weighted by Crippen LogP contribution is 2.11. The van der Waals surface area contributed by atoms with Crippen LogP contribution in [0.25, 0.3) is 0 Å². The Morgan fingerprint density at radius 3 is 2.83 bits per heavy atom. The van der Waals surface area contributed by atoms with Crippen molar-refractivity contribution in [3.05, 3.63) is 10.6 Å². The Labute approximate surface area is 111 Å². The van der Waals surface area contributed by atoms with Gasteiger partial charge in [-0.1, -0.05) is 13.3 Å². The molecule has 0 aliphatic heterocycles. The highest BCUT2D eigenvalue weighted by atomic mass is 32.1. The van der Waals surface area contributed by atoms with Crippen LogP contribution in [0, 0.1) is 4.77 Å². The number of H-pyrrole nitrogens is 1. The molecule has 1 aromatic heterocycles. The van der Waals surface area contributed by atoms with Gasteiger partial charge in [0.05, 0.1) is 6.54 Å². The van der Waals surface area contributed by atoms with Crippen LogP contribution in [0.15, 0.2) is 0 Å². The van der Waals surface area contributed by atoms with Crippen molar-refractivity contribution in [1.29, 1.82) is 0 Å². The van der Waals surface area contributed by atoms with Gasteiger partial charge in [-0.2, -0.15) is 5.10 Å². The zero-order valence-corrected chi connectivity index (χ0v) is 11.8. The van der Waals surface area contributed by atoms with E-state index in [1.165, 1.54) is 6.92 Å². The summed E-state index contributed by atoms with van der Waals surface area (Å²) in [4.78, 5) is 11.8. The molecule has 1 atom stereocenters. The van der Waals surface area contributed by atoms with E-state index in [0.29, 0.717) is 23.6 Å². The fraction of sp³-hybridized carbons (Fsp3) is 0.727. The molecule has 3 N–H and O–H groups in total. The molecule has 1 heterocycles. The third-order valence-corrected chi connectivity index (χ3v) is 3.10. The van der Waals surface area contributed by atoms with Crippen molar-refractivity contribution in [2.45, 2.75) is 52.3 Å². The fourth-order valence-electron chi connectivity index (χ4n) is 1.76. The number of nitrogens with zero attached hydrogens (tertiary/aromatic N) is 2. The van der Waals surface area contributed by atoms with Gasteiger partial charge < -0.3 is 15.0 Å². The van der Waals surface area contributed by atoms with Crippen LogP contribution in [0.2, 0.25) is 0 Å². The minimum atomic E-state index is -1.33. The SMILES string of the molecule is CCCC(C)(O)C(=O)NCc1n[nH]c(=S)n1CC. The van der Waals surface area contributed by atoms with Crippen molar-refractivity contribution in [3.8, 4) is 0 Å². The Bertz CT molecular complexity index is 464. The van der Waals surface area contributed by atoms with E-state index in [1.807, 2.05) is 13.8 Å². The molecule has 7 heteroatoms. The highest BCUT2D eigenvalue weighted by Gasteiger charge is 2.28. The molecule has 18 heavy (non-hydrogen) atoms. The van der Waals surface area contributed by atoms with E-state index in [-0.39, 0.29) is 12.5 Å². The first-order valence-electron chi connectivity index (χ1n) is 6.07. The number of amides is 1. The summed E-state index contributed by atoms with van der Waals surface area (Å²) < 4.78 is 2.33. The van der Waals surface area contributed by atoms with Crippen molar-refractivity contribution >= 4 is 18.1 Å². The summed E-state index contributed by atoms with van der Waals surface area (Å²) in [5, 5.41) is 19.3. The van der Waals surface area contributed by atoms with E-state index >= 15 is 0 Å². The number of hydrogen-bond acceptors (Lipinski definition) is 4. The summed E-state index contributed by atoms with van der Waals surface area (Å²) in [7, 11) is 0. The first-order valence-corrected chi connectivity index (χ1v) is 6.48. The van der Waals surface area contributed by atoms with Crippen LogP contribution in [0.1, 0.15) is 39.4 Å². The van der Waals surface area contributed by atoms with Crippen LogP contribution in [0.5, 0.6) is 0 Å². The lowest BCUT2D eigenvalue weighted by Crippen LogP contribution is -2.44. The fourth-order valence-corrected chi connectivity index (χ4v) is 2.04. The van der Waals surface area contributed by atoms with Gasteiger partial charge in [-0.15, -0.1) is 0 Å². The second kappa shape index (κ2) is 6.10. The Balaban J connectivity index is 2.65. The van der Waals surface area contributed by atoms with Gasteiger partial charge in [0.1, 0.15) is 5.60 Å². The molecule has 0 aliphatic carbocycles. The molecular weight excluding hydrogens is 252 g/mol. The van der Waals surface area contributed by atoms with Gasteiger partial charge in [0, 0.05) is 6.54 Å². The van der Waals surface area contributed by atoms with E-state index in [0.717, 1.165) is 6.42 Å². The Kier molecular flexibility index (Phi) is 5.03. The van der Waals surface area contributed by atoms with Crippen LogP contribution < -0.4 is 5.32 Å². The summed E-state index contributed by atoms with van der Waals surface area (Å²) in [6.07, 6.45) is 1.17. The summed E-state index contributed by atoms with van der Waals surface area (Å²) in [6, 6.07) is 0. The molecule has 1 aromatic rings. The average molecular weight is 272 g/mol. The zero-order chi connectivity index (χ0) is 13.8. The first kappa shape index (κ1) is 14.8. The topological polar surface area (TPSA) is 82.9 Å². The smallest absolute Gasteiger partial charge is 0.252 e. The average Bonchev–Trinajstić information content (AvgIpc) is 2.66. The summed E-state index contributed by atoms with van der Waals surface area (Å²) in [6.45, 7) is 6.32. The van der Waals surface area contributed by atoms with Gasteiger partial charge in [0.15, 0.2) is 10.6 Å². The molecule has 0 aromatic carbocycles. The van der Waals surface area contributed by atoms with Gasteiger partial charge in [0.25, 0.3) is 5.91 Å². The maximum absolute atomic E-state index is 11.8. The Morgan fingerprint density at radius 2 is 2.28 bits per heavy atom. The van der Waals surface area contributed by atoms with E-state index < -0.39 is 5.60 Å². The molecule has 0 radical (unpaired) electrons. The number of aliphatic hydroxyl groups is 1. The minimum absolute atomic E-state index is 0.250. The number of nitrogens with one attached hydrogen (secondary N) is 2. The number of carbonyl (C=O) groups excluding carboxylic acids is 1. The van der Waals surface area contributed by atoms with Gasteiger partial charge in [-0.25, -0.2) is 0 Å². The largest absolute Gasteiger partial charge is 0.380 e. The number of aromatic amines is 1. The van der Waals surface area contributed by atoms with Crippen molar-refractivity contribution in [1.82, 2.24) is 20.1 Å². The van der Waals surface area contributed by atoms with Crippen molar-refractivity contribution in [2.24, 2.45) is 0 Å². The number of aromatic nitrogens is 3. The molecule has 0 spiro atoms. The number of rotatable bonds is 6. The number of hydrogen-bond donors (Lipinski definition) is 3. The minimum Gasteiger partial charge on any atom is -0.380 e. The molecule has 1 unspecified atom stereocenters. The summed E-state index contributed by atoms with van der Waals surface area (Å²) in [5.74, 6) is 0.268. The van der Waals surface area contributed by atoms with Crippen LogP contribution in [-0.2, 0) is 17.9 Å². The zero-order valence-electron chi connectivity index (χ0n) is 11.0. The van der Waals surface area contributed by atoms with E-state index in [2.05, 4.69) is 15.5 Å². The third-order valence-electron chi connectivity index (χ3n) is 2.79. The molecule has 0 fully saturated rings. The van der Waals surface area contributed by atoms with Gasteiger partial charge in [-0.3, -0.25) is 9.89 Å². The molecule has 0 bridgehead atoms. The molecule has 102 valence electrons. The third kappa shape index (κ3) is 3.39. The second-order valence-electron chi connectivity index (χ2n) is 4.40. The molecular formula is C11H20N4O2S. The van der Waals surface area contributed by atoms with Gasteiger partial charge in [0.2, 0.25) is 0 Å². The summed E-state index contributed by atoms with van der Waals surface area (Å²) in [5.41, 5.74) is -1.33. The predicted octanol–water partition coefficient (Wildman–Crippen LogP) is 1.13. The van der Waals surface area contributed by atoms with Crippen LogP contribution in [0.3, 0.4) is 0 Å². The van der Waals surface area contributed by atoms with Gasteiger partial charge in [-0.05, 0) is 32.5 Å². The maximum atomic E-state index is 11.8. The van der Waals surface area contributed by atoms with E-state index in [9.17, 15) is 9.90 Å². The van der Waals surface area contributed by atoms with Crippen molar-refractivity contribution in [2.75, 3.05) is 0 Å². The predicted molar refractivity (Wildman–Crippen MR) is 70.5 cm³/mol. The summed E-state index contributed by atoms with van der Waals surface area (Å²) >= 11 is 5.05. The quantitative estimate of drug-likeness (QED) is 0.678. The van der Waals surface area contributed by atoms with E-state index in [1.54, 1.807) is 4.57 Å². The lowest BCUT2D eigenvalue weighted by molar-refractivity contribution is -0.138. The second-order valence-corrected chi connectivity index (χ2v) is 4.78. The lowest BCUT2D eigenvalue weighted by atomic mass is 10.00. The molecule has 0 saturated carbocycles. The Morgan fingerprint density at radius 1 is 1.61 bits per heavy atom. The molecule has 6 nitrogen and oxygen atoms in total. The van der Waals surface area contributed by atoms with Crippen LogP contribution in [-0.4, -0.2) is 31.4 Å². The Hall–Kier alpha value is -1.21. The first-order chi connectivity index (χ1) is 8.42. The van der Waals surface area contributed by atoms with Crippen molar-refractivity contribution < 1.29 is 9.90 Å². The maximum Gasteiger partial charge on any atom is 0.252 e. The number of carbonyl (C=O) groups is 1. The van der Waals surface area contributed by atoms with Crippen LogP contribution >= 0.6 is 12.2 Å². The van der Waals surface area contributed by atoms with Crippen LogP contribution in [0.4, 0.5) is 0 Å². The highest BCUT2D eigenvalue weighted by molar-refractivity contribution is 7.71. The van der Waals surface area contributed by atoms with Gasteiger partial charge >= 0.3 is 0 Å². The standard InChI is InChI=1S/C11H20N4O2S/c1-4-6-11(3,17)9(16)12-7-8-13-14-10(18)15(8)5-2/h17H,4-7H2,1-3H3,(H,12,16)(H,14,18). The lowest BCUT2D eigenvalue weighted by Gasteiger charge is -2.21. The van der Waals surface area contributed by atoms with E-state index in [4.69, 9.17) is 12.2 Å². The monoisotopic (exact) mass is 272 g/mol. The molecule has 1 rings (SSSR count). The molecule has 1 amide bonds.